The Morgan fingerprint density at radius 2 is 2.21 bits per heavy atom. The van der Waals surface area contributed by atoms with Crippen molar-refractivity contribution >= 4 is 17.4 Å². The molecular weight excluding hydrogens is 205 g/mol. The summed E-state index contributed by atoms with van der Waals surface area (Å²) in [6.07, 6.45) is 0.445. The van der Waals surface area contributed by atoms with Gasteiger partial charge in [0, 0.05) is 12.8 Å². The number of Topliss-reactive ketones (excluding diaryl/α,β-unsaturated/α-hetero) is 1. The lowest BCUT2D eigenvalue weighted by Crippen LogP contribution is -2.10. The molecule has 1 rings (SSSR count). The maximum absolute atomic E-state index is 12.9. The van der Waals surface area contributed by atoms with Gasteiger partial charge in [0.1, 0.15) is 11.6 Å². The van der Waals surface area contributed by atoms with Crippen molar-refractivity contribution in [1.29, 1.82) is 0 Å². The third-order valence-corrected chi connectivity index (χ3v) is 2.27. The number of rotatable bonds is 4. The summed E-state index contributed by atoms with van der Waals surface area (Å²) in [6.45, 7) is 0.311. The Hall–Kier alpha value is -0.930. The molecule has 0 unspecified atom stereocenters. The molecule has 0 aliphatic carbocycles. The van der Waals surface area contributed by atoms with Crippen molar-refractivity contribution in [2.24, 2.45) is 5.73 Å². The molecule has 14 heavy (non-hydrogen) atoms. The zero-order valence-corrected chi connectivity index (χ0v) is 8.35. The van der Waals surface area contributed by atoms with Gasteiger partial charge in [-0.1, -0.05) is 23.7 Å². The number of hydrogen-bond acceptors (Lipinski definition) is 2. The predicted molar refractivity (Wildman–Crippen MR) is 53.8 cm³/mol. The van der Waals surface area contributed by atoms with Gasteiger partial charge < -0.3 is 5.73 Å². The molecule has 0 heterocycles. The van der Waals surface area contributed by atoms with E-state index in [1.54, 1.807) is 6.07 Å². The van der Waals surface area contributed by atoms with Crippen LogP contribution in [0.25, 0.3) is 0 Å². The molecular formula is C10H11ClFNO. The number of hydrogen-bond donors (Lipinski definition) is 1. The molecule has 0 bridgehead atoms. The van der Waals surface area contributed by atoms with Gasteiger partial charge in [0.05, 0.1) is 5.02 Å². The standard InChI is InChI=1S/C10H11ClFNO/c11-10-7(2-1-3-9(10)12)6-8(14)4-5-13/h1-3H,4-6,13H2. The third kappa shape index (κ3) is 2.79. The van der Waals surface area contributed by atoms with Gasteiger partial charge in [-0.05, 0) is 18.2 Å². The summed E-state index contributed by atoms with van der Waals surface area (Å²) >= 11 is 5.68. The van der Waals surface area contributed by atoms with Gasteiger partial charge in [0.2, 0.25) is 0 Å². The van der Waals surface area contributed by atoms with Gasteiger partial charge in [-0.25, -0.2) is 4.39 Å². The van der Waals surface area contributed by atoms with Crippen LogP contribution in [0.3, 0.4) is 0 Å². The van der Waals surface area contributed by atoms with E-state index in [1.165, 1.54) is 12.1 Å². The Morgan fingerprint density at radius 3 is 2.86 bits per heavy atom. The number of halogens is 2. The molecule has 0 aliphatic heterocycles. The minimum absolute atomic E-state index is 0.0258. The maximum atomic E-state index is 12.9. The summed E-state index contributed by atoms with van der Waals surface area (Å²) in [6, 6.07) is 4.44. The van der Waals surface area contributed by atoms with E-state index in [0.717, 1.165) is 0 Å². The molecule has 4 heteroatoms. The first-order valence-electron chi connectivity index (χ1n) is 4.30. The first-order chi connectivity index (χ1) is 6.65. The van der Waals surface area contributed by atoms with E-state index in [4.69, 9.17) is 17.3 Å². The number of carbonyl (C=O) groups is 1. The smallest absolute Gasteiger partial charge is 0.142 e. The van der Waals surface area contributed by atoms with Crippen LogP contribution < -0.4 is 5.73 Å². The molecule has 1 aromatic carbocycles. The normalized spacial score (nSPS) is 10.2. The molecule has 2 nitrogen and oxygen atoms in total. The molecule has 0 aromatic heterocycles. The molecule has 76 valence electrons. The van der Waals surface area contributed by atoms with Crippen LogP contribution in [0.4, 0.5) is 4.39 Å². The highest BCUT2D eigenvalue weighted by Gasteiger charge is 2.09. The van der Waals surface area contributed by atoms with Crippen LogP contribution in [0.15, 0.2) is 18.2 Å². The summed E-state index contributed by atoms with van der Waals surface area (Å²) in [7, 11) is 0. The van der Waals surface area contributed by atoms with Gasteiger partial charge >= 0.3 is 0 Å². The third-order valence-electron chi connectivity index (χ3n) is 1.84. The predicted octanol–water partition coefficient (Wildman–Crippen LogP) is 1.94. The molecule has 2 N–H and O–H groups in total. The zero-order valence-electron chi connectivity index (χ0n) is 7.59. The monoisotopic (exact) mass is 215 g/mol. The fourth-order valence-electron chi connectivity index (χ4n) is 1.15. The van der Waals surface area contributed by atoms with Crippen molar-refractivity contribution in [1.82, 2.24) is 0 Å². The molecule has 0 saturated heterocycles. The highest BCUT2D eigenvalue weighted by Crippen LogP contribution is 2.20. The van der Waals surface area contributed by atoms with E-state index >= 15 is 0 Å². The first kappa shape index (κ1) is 11.1. The second-order valence-electron chi connectivity index (χ2n) is 2.97. The fraction of sp³-hybridized carbons (Fsp3) is 0.300. The largest absolute Gasteiger partial charge is 0.330 e. The van der Waals surface area contributed by atoms with E-state index in [0.29, 0.717) is 18.5 Å². The van der Waals surface area contributed by atoms with Gasteiger partial charge in [-0.3, -0.25) is 4.79 Å². The van der Waals surface area contributed by atoms with Crippen molar-refractivity contribution in [2.45, 2.75) is 12.8 Å². The summed E-state index contributed by atoms with van der Waals surface area (Å²) in [4.78, 5) is 11.2. The Bertz CT molecular complexity index is 341. The molecule has 0 radical (unpaired) electrons. The highest BCUT2D eigenvalue weighted by molar-refractivity contribution is 6.31. The summed E-state index contributed by atoms with van der Waals surface area (Å²) < 4.78 is 12.9. The van der Waals surface area contributed by atoms with Crippen LogP contribution in [0.2, 0.25) is 5.02 Å². The van der Waals surface area contributed by atoms with E-state index in [-0.39, 0.29) is 17.2 Å². The Morgan fingerprint density at radius 1 is 1.50 bits per heavy atom. The van der Waals surface area contributed by atoms with Crippen molar-refractivity contribution in [3.05, 3.63) is 34.6 Å². The Labute approximate surface area is 86.9 Å². The molecule has 0 aliphatic rings. The minimum atomic E-state index is -0.496. The Balaban J connectivity index is 2.76. The summed E-state index contributed by atoms with van der Waals surface area (Å²) in [5, 5.41) is 0.0258. The van der Waals surface area contributed by atoms with Gasteiger partial charge in [-0.2, -0.15) is 0 Å². The van der Waals surface area contributed by atoms with Gasteiger partial charge in [0.15, 0.2) is 0 Å². The van der Waals surface area contributed by atoms with E-state index < -0.39 is 5.82 Å². The number of carbonyl (C=O) groups excluding carboxylic acids is 1. The molecule has 0 fully saturated rings. The number of benzene rings is 1. The highest BCUT2D eigenvalue weighted by atomic mass is 35.5. The van der Waals surface area contributed by atoms with Crippen LogP contribution >= 0.6 is 11.6 Å². The minimum Gasteiger partial charge on any atom is -0.330 e. The lowest BCUT2D eigenvalue weighted by Gasteiger charge is -2.03. The molecule has 0 spiro atoms. The summed E-state index contributed by atoms with van der Waals surface area (Å²) in [5.41, 5.74) is 5.74. The van der Waals surface area contributed by atoms with Crippen LogP contribution in [0.5, 0.6) is 0 Å². The van der Waals surface area contributed by atoms with E-state index in [9.17, 15) is 9.18 Å². The molecule has 0 atom stereocenters. The molecule has 0 saturated carbocycles. The second-order valence-corrected chi connectivity index (χ2v) is 3.35. The topological polar surface area (TPSA) is 43.1 Å². The lowest BCUT2D eigenvalue weighted by atomic mass is 10.1. The maximum Gasteiger partial charge on any atom is 0.142 e. The molecule has 0 amide bonds. The van der Waals surface area contributed by atoms with Gasteiger partial charge in [0.25, 0.3) is 0 Å². The van der Waals surface area contributed by atoms with E-state index in [2.05, 4.69) is 0 Å². The van der Waals surface area contributed by atoms with Crippen LogP contribution in [-0.4, -0.2) is 12.3 Å². The fourth-order valence-corrected chi connectivity index (χ4v) is 1.34. The van der Waals surface area contributed by atoms with Crippen LogP contribution in [0.1, 0.15) is 12.0 Å². The zero-order chi connectivity index (χ0) is 10.6. The lowest BCUT2D eigenvalue weighted by molar-refractivity contribution is -0.118. The number of ketones is 1. The quantitative estimate of drug-likeness (QED) is 0.834. The Kier molecular flexibility index (Phi) is 4.04. The average Bonchev–Trinajstić information content (AvgIpc) is 2.13. The van der Waals surface area contributed by atoms with Gasteiger partial charge in [-0.15, -0.1) is 0 Å². The van der Waals surface area contributed by atoms with Crippen molar-refractivity contribution in [3.63, 3.8) is 0 Å². The summed E-state index contributed by atoms with van der Waals surface area (Å²) in [5.74, 6) is -0.523. The van der Waals surface area contributed by atoms with Crippen molar-refractivity contribution in [3.8, 4) is 0 Å². The SMILES string of the molecule is NCCC(=O)Cc1cccc(F)c1Cl. The van der Waals surface area contributed by atoms with E-state index in [1.807, 2.05) is 0 Å². The first-order valence-corrected chi connectivity index (χ1v) is 4.67. The average molecular weight is 216 g/mol. The van der Waals surface area contributed by atoms with Crippen LogP contribution in [-0.2, 0) is 11.2 Å². The molecule has 1 aromatic rings. The van der Waals surface area contributed by atoms with Crippen molar-refractivity contribution in [2.75, 3.05) is 6.54 Å². The van der Waals surface area contributed by atoms with Crippen LogP contribution in [0, 0.1) is 5.82 Å². The second kappa shape index (κ2) is 5.08. The van der Waals surface area contributed by atoms with Crippen molar-refractivity contribution < 1.29 is 9.18 Å². The number of nitrogens with two attached hydrogens (primary N) is 1.